The molecule has 1 aliphatic carbocycles. The van der Waals surface area contributed by atoms with Gasteiger partial charge in [0.05, 0.1) is 23.8 Å². The van der Waals surface area contributed by atoms with Crippen molar-refractivity contribution in [3.63, 3.8) is 0 Å². The molecule has 0 spiro atoms. The number of likely N-dealkylation sites (tertiary alicyclic amines) is 1. The topological polar surface area (TPSA) is 53.3 Å². The average molecular weight is 374 g/mol. The van der Waals surface area contributed by atoms with E-state index in [9.17, 15) is 4.79 Å². The Kier molecular flexibility index (Phi) is 5.73. The van der Waals surface area contributed by atoms with Crippen LogP contribution < -0.4 is 0 Å². The van der Waals surface area contributed by atoms with E-state index in [1.165, 1.54) is 0 Å². The van der Waals surface area contributed by atoms with Crippen LogP contribution in [0, 0.1) is 29.1 Å². The highest BCUT2D eigenvalue weighted by molar-refractivity contribution is 5.90. The largest absolute Gasteiger partial charge is 0.500 e. The van der Waals surface area contributed by atoms with E-state index in [2.05, 4.69) is 35.3 Å². The second kappa shape index (κ2) is 8.58. The summed E-state index contributed by atoms with van der Waals surface area (Å²) in [7, 11) is 0. The quantitative estimate of drug-likeness (QED) is 0.783. The van der Waals surface area contributed by atoms with Crippen LogP contribution in [0.5, 0.6) is 0 Å². The molecule has 2 atom stereocenters. The van der Waals surface area contributed by atoms with Crippen LogP contribution in [-0.4, -0.2) is 36.9 Å². The van der Waals surface area contributed by atoms with Crippen LogP contribution in [0.3, 0.4) is 0 Å². The van der Waals surface area contributed by atoms with Gasteiger partial charge in [0, 0.05) is 11.5 Å². The molecule has 3 aliphatic rings. The Labute approximate surface area is 166 Å². The van der Waals surface area contributed by atoms with Crippen molar-refractivity contribution in [3.05, 3.63) is 65.5 Å². The van der Waals surface area contributed by atoms with Crippen LogP contribution in [0.25, 0.3) is 6.08 Å². The van der Waals surface area contributed by atoms with Crippen molar-refractivity contribution in [3.8, 4) is 6.07 Å². The molecule has 0 bridgehead atoms. The zero-order valence-electron chi connectivity index (χ0n) is 16.1. The van der Waals surface area contributed by atoms with E-state index in [1.807, 2.05) is 24.3 Å². The molecule has 1 fully saturated rings. The molecular formula is C24H26N2O2. The van der Waals surface area contributed by atoms with E-state index in [4.69, 9.17) is 10.00 Å². The SMILES string of the molecule is N#Cc1ccc(/C=C/C2CCN(CCC3C=CC4=COCC4C3=O)CC2)cc1. The monoisotopic (exact) mass is 374 g/mol. The van der Waals surface area contributed by atoms with Crippen molar-refractivity contribution in [2.24, 2.45) is 17.8 Å². The summed E-state index contributed by atoms with van der Waals surface area (Å²) in [5.41, 5.74) is 2.88. The molecule has 28 heavy (non-hydrogen) atoms. The molecule has 0 amide bonds. The number of nitriles is 1. The number of allylic oxidation sites excluding steroid dienone is 3. The molecule has 2 aliphatic heterocycles. The molecule has 0 N–H and O–H groups in total. The minimum absolute atomic E-state index is 0.0342. The van der Waals surface area contributed by atoms with E-state index in [-0.39, 0.29) is 11.8 Å². The summed E-state index contributed by atoms with van der Waals surface area (Å²) in [6, 6.07) is 9.86. The molecule has 2 heterocycles. The molecule has 1 aromatic rings. The van der Waals surface area contributed by atoms with Crippen LogP contribution >= 0.6 is 0 Å². The van der Waals surface area contributed by atoms with Crippen molar-refractivity contribution >= 4 is 11.9 Å². The fourth-order valence-electron chi connectivity index (χ4n) is 4.25. The summed E-state index contributed by atoms with van der Waals surface area (Å²) < 4.78 is 5.32. The average Bonchev–Trinajstić information content (AvgIpc) is 3.23. The first kappa shape index (κ1) is 18.7. The van der Waals surface area contributed by atoms with Crippen LogP contribution in [0.4, 0.5) is 0 Å². The third kappa shape index (κ3) is 4.26. The van der Waals surface area contributed by atoms with Gasteiger partial charge in [0.15, 0.2) is 5.78 Å². The summed E-state index contributed by atoms with van der Waals surface area (Å²) in [6.07, 6.45) is 13.6. The van der Waals surface area contributed by atoms with Crippen molar-refractivity contribution in [1.29, 1.82) is 5.26 Å². The Morgan fingerprint density at radius 2 is 2.00 bits per heavy atom. The van der Waals surface area contributed by atoms with Gasteiger partial charge in [-0.1, -0.05) is 36.4 Å². The maximum Gasteiger partial charge on any atom is 0.150 e. The van der Waals surface area contributed by atoms with Crippen LogP contribution in [0.2, 0.25) is 0 Å². The van der Waals surface area contributed by atoms with Crippen molar-refractivity contribution in [2.75, 3.05) is 26.2 Å². The molecular weight excluding hydrogens is 348 g/mol. The van der Waals surface area contributed by atoms with E-state index in [1.54, 1.807) is 6.26 Å². The number of ether oxygens (including phenoxy) is 1. The predicted molar refractivity (Wildman–Crippen MR) is 109 cm³/mol. The first-order chi connectivity index (χ1) is 13.7. The third-order valence-corrected chi connectivity index (χ3v) is 6.10. The molecule has 2 unspecified atom stereocenters. The number of fused-ring (bicyclic) bond motifs is 1. The van der Waals surface area contributed by atoms with Gasteiger partial charge in [-0.25, -0.2) is 0 Å². The van der Waals surface area contributed by atoms with Crippen molar-refractivity contribution < 1.29 is 9.53 Å². The molecule has 0 aromatic heterocycles. The van der Waals surface area contributed by atoms with Gasteiger partial charge in [-0.15, -0.1) is 0 Å². The minimum atomic E-state index is -0.0342. The Balaban J connectivity index is 1.22. The number of carbonyl (C=O) groups is 1. The minimum Gasteiger partial charge on any atom is -0.500 e. The van der Waals surface area contributed by atoms with E-state index < -0.39 is 0 Å². The van der Waals surface area contributed by atoms with E-state index >= 15 is 0 Å². The van der Waals surface area contributed by atoms with Crippen molar-refractivity contribution in [2.45, 2.75) is 19.3 Å². The first-order valence-corrected chi connectivity index (χ1v) is 10.2. The normalized spacial score (nSPS) is 25.4. The van der Waals surface area contributed by atoms with E-state index in [0.29, 0.717) is 23.9 Å². The molecule has 4 heteroatoms. The fraction of sp³-hybridized carbons (Fsp3) is 0.417. The number of ketones is 1. The second-order valence-electron chi connectivity index (χ2n) is 7.93. The number of Topliss-reactive ketones (excluding diaryl/α,β-unsaturated/α-hetero) is 1. The Hall–Kier alpha value is -2.64. The second-order valence-corrected chi connectivity index (χ2v) is 7.93. The van der Waals surface area contributed by atoms with Crippen LogP contribution in [-0.2, 0) is 9.53 Å². The Morgan fingerprint density at radius 1 is 1.21 bits per heavy atom. The molecule has 4 rings (SSSR count). The lowest BCUT2D eigenvalue weighted by atomic mass is 9.81. The number of hydrogen-bond acceptors (Lipinski definition) is 4. The number of carbonyl (C=O) groups excluding carboxylic acids is 1. The standard InChI is InChI=1S/C24H26N2O2/c25-15-20-5-3-18(4-6-20)1-2-19-9-12-26(13-10-19)14-11-21-7-8-22-16-28-17-23(22)24(21)27/h1-8,16,19,21,23H,9-14,17H2/b2-1+. The van der Waals surface area contributed by atoms with Gasteiger partial charge >= 0.3 is 0 Å². The van der Waals surface area contributed by atoms with E-state index in [0.717, 1.165) is 50.0 Å². The summed E-state index contributed by atoms with van der Waals surface area (Å²) in [4.78, 5) is 15.1. The van der Waals surface area contributed by atoms with Gasteiger partial charge in [0.1, 0.15) is 6.61 Å². The highest BCUT2D eigenvalue weighted by atomic mass is 16.5. The Bertz CT molecular complexity index is 836. The summed E-state index contributed by atoms with van der Waals surface area (Å²) in [5, 5.41) is 8.87. The van der Waals surface area contributed by atoms with Crippen molar-refractivity contribution in [1.82, 2.24) is 4.90 Å². The summed E-state index contributed by atoms with van der Waals surface area (Å²) in [5.74, 6) is 0.934. The fourth-order valence-corrected chi connectivity index (χ4v) is 4.25. The zero-order chi connectivity index (χ0) is 19.3. The Morgan fingerprint density at radius 3 is 2.75 bits per heavy atom. The summed E-state index contributed by atoms with van der Waals surface area (Å²) in [6.45, 7) is 3.68. The number of hydrogen-bond donors (Lipinski definition) is 0. The molecule has 144 valence electrons. The van der Waals surface area contributed by atoms with Crippen LogP contribution in [0.1, 0.15) is 30.4 Å². The van der Waals surface area contributed by atoms with Gasteiger partial charge in [-0.2, -0.15) is 5.26 Å². The lowest BCUT2D eigenvalue weighted by Crippen LogP contribution is -2.36. The molecule has 0 saturated carbocycles. The van der Waals surface area contributed by atoms with Crippen LogP contribution in [0.15, 0.2) is 54.3 Å². The van der Waals surface area contributed by atoms with Gasteiger partial charge in [-0.05, 0) is 62.5 Å². The summed E-state index contributed by atoms with van der Waals surface area (Å²) >= 11 is 0. The maximum absolute atomic E-state index is 12.6. The highest BCUT2D eigenvalue weighted by Gasteiger charge is 2.34. The molecule has 4 nitrogen and oxygen atoms in total. The van der Waals surface area contributed by atoms with Gasteiger partial charge in [0.2, 0.25) is 0 Å². The van der Waals surface area contributed by atoms with Gasteiger partial charge in [-0.3, -0.25) is 4.79 Å². The number of benzene rings is 1. The van der Waals surface area contributed by atoms with Gasteiger partial charge < -0.3 is 9.64 Å². The number of piperidine rings is 1. The molecule has 1 saturated heterocycles. The number of nitrogens with zero attached hydrogens (tertiary/aromatic N) is 2. The lowest BCUT2D eigenvalue weighted by molar-refractivity contribution is -0.125. The maximum atomic E-state index is 12.6. The number of rotatable bonds is 5. The van der Waals surface area contributed by atoms with Gasteiger partial charge in [0.25, 0.3) is 0 Å². The lowest BCUT2D eigenvalue weighted by Gasteiger charge is -2.32. The molecule has 1 aromatic carbocycles. The molecule has 0 radical (unpaired) electrons. The highest BCUT2D eigenvalue weighted by Crippen LogP contribution is 2.31. The third-order valence-electron chi connectivity index (χ3n) is 6.10. The zero-order valence-corrected chi connectivity index (χ0v) is 16.1. The first-order valence-electron chi connectivity index (χ1n) is 10.2. The smallest absolute Gasteiger partial charge is 0.150 e. The predicted octanol–water partition coefficient (Wildman–Crippen LogP) is 3.96.